The van der Waals surface area contributed by atoms with Crippen molar-refractivity contribution < 1.29 is 14.4 Å². The lowest BCUT2D eigenvalue weighted by molar-refractivity contribution is -0.641. The van der Waals surface area contributed by atoms with Gasteiger partial charge in [0.05, 0.1) is 28.0 Å². The molecule has 3 rings (SSSR count). The molecule has 0 aliphatic rings. The topological polar surface area (TPSA) is 104 Å². The summed E-state index contributed by atoms with van der Waals surface area (Å²) in [7, 11) is 0. The van der Waals surface area contributed by atoms with E-state index in [1.54, 1.807) is 37.7 Å². The highest BCUT2D eigenvalue weighted by Gasteiger charge is 2.13. The van der Waals surface area contributed by atoms with Gasteiger partial charge >= 0.3 is 5.97 Å². The highest BCUT2D eigenvalue weighted by Crippen LogP contribution is 2.25. The smallest absolute Gasteiger partial charge is 0.307 e. The largest absolute Gasteiger partial charge is 0.594 e. The van der Waals surface area contributed by atoms with Gasteiger partial charge in [-0.15, -0.1) is 11.3 Å². The SMILES string of the molecule is CC(C)OC(=O)CCNc1nc2ccc(-c3cncs3)cc2[n+]([O-])n1. The van der Waals surface area contributed by atoms with Gasteiger partial charge in [0.15, 0.2) is 0 Å². The van der Waals surface area contributed by atoms with E-state index in [-0.39, 0.29) is 31.0 Å². The summed E-state index contributed by atoms with van der Waals surface area (Å²) in [4.78, 5) is 21.3. The molecule has 0 spiro atoms. The third kappa shape index (κ3) is 4.18. The van der Waals surface area contributed by atoms with Gasteiger partial charge in [0.25, 0.3) is 11.5 Å². The van der Waals surface area contributed by atoms with E-state index in [9.17, 15) is 10.0 Å². The summed E-state index contributed by atoms with van der Waals surface area (Å²) >= 11 is 1.49. The van der Waals surface area contributed by atoms with Gasteiger partial charge in [-0.1, -0.05) is 6.07 Å². The molecule has 0 unspecified atom stereocenters. The fraction of sp³-hybridized carbons (Fsp3) is 0.312. The normalized spacial score (nSPS) is 11.0. The van der Waals surface area contributed by atoms with Crippen LogP contribution in [0.2, 0.25) is 0 Å². The minimum absolute atomic E-state index is 0.152. The van der Waals surface area contributed by atoms with Gasteiger partial charge in [-0.25, -0.2) is 4.98 Å². The van der Waals surface area contributed by atoms with Crippen molar-refractivity contribution in [2.45, 2.75) is 26.4 Å². The molecule has 1 N–H and O–H groups in total. The zero-order valence-electron chi connectivity index (χ0n) is 13.8. The van der Waals surface area contributed by atoms with E-state index >= 15 is 0 Å². The Labute approximate surface area is 148 Å². The summed E-state index contributed by atoms with van der Waals surface area (Å²) in [5.74, 6) is -0.141. The van der Waals surface area contributed by atoms with Crippen LogP contribution in [0.25, 0.3) is 21.5 Å². The lowest BCUT2D eigenvalue weighted by atomic mass is 10.2. The predicted molar refractivity (Wildman–Crippen MR) is 93.9 cm³/mol. The van der Waals surface area contributed by atoms with Crippen molar-refractivity contribution in [2.24, 2.45) is 0 Å². The molecule has 0 bridgehead atoms. The lowest BCUT2D eigenvalue weighted by Crippen LogP contribution is -2.33. The zero-order chi connectivity index (χ0) is 17.8. The minimum Gasteiger partial charge on any atom is -0.594 e. The van der Waals surface area contributed by atoms with Crippen molar-refractivity contribution in [2.75, 3.05) is 11.9 Å². The van der Waals surface area contributed by atoms with Crippen LogP contribution in [-0.4, -0.2) is 33.7 Å². The fourth-order valence-electron chi connectivity index (χ4n) is 2.23. The van der Waals surface area contributed by atoms with E-state index in [4.69, 9.17) is 4.74 Å². The Kier molecular flexibility index (Phi) is 5.03. The van der Waals surface area contributed by atoms with Crippen LogP contribution in [0.4, 0.5) is 5.95 Å². The Morgan fingerprint density at radius 1 is 1.44 bits per heavy atom. The quantitative estimate of drug-likeness (QED) is 0.408. The number of esters is 1. The maximum Gasteiger partial charge on any atom is 0.307 e. The highest BCUT2D eigenvalue weighted by atomic mass is 32.1. The summed E-state index contributed by atoms with van der Waals surface area (Å²) in [6.45, 7) is 3.87. The second-order valence-electron chi connectivity index (χ2n) is 5.59. The predicted octanol–water partition coefficient (Wildman–Crippen LogP) is 2.14. The van der Waals surface area contributed by atoms with Crippen molar-refractivity contribution in [3.8, 4) is 10.4 Å². The number of nitrogens with zero attached hydrogens (tertiary/aromatic N) is 4. The number of hydrogen-bond acceptors (Lipinski definition) is 8. The average molecular weight is 359 g/mol. The molecule has 0 aliphatic carbocycles. The number of carbonyl (C=O) groups excluding carboxylic acids is 1. The van der Waals surface area contributed by atoms with E-state index in [1.807, 2.05) is 6.07 Å². The first-order valence-corrected chi connectivity index (χ1v) is 8.65. The standard InChI is InChI=1S/C16H17N5O3S/c1-10(2)24-15(22)5-6-18-16-19-12-4-3-11(14-8-17-9-25-14)7-13(12)21(23)20-16/h3-4,7-10H,5-6H2,1-2H3,(H,18,19,20). The molecule has 0 radical (unpaired) electrons. The first kappa shape index (κ1) is 17.0. The number of fused-ring (bicyclic) bond motifs is 1. The molecule has 2 heterocycles. The first-order valence-electron chi connectivity index (χ1n) is 7.77. The van der Waals surface area contributed by atoms with Crippen LogP contribution in [0.3, 0.4) is 0 Å². The summed E-state index contributed by atoms with van der Waals surface area (Å²) < 4.78 is 5.04. The second kappa shape index (κ2) is 7.39. The van der Waals surface area contributed by atoms with Crippen LogP contribution in [-0.2, 0) is 9.53 Å². The fourth-order valence-corrected chi connectivity index (χ4v) is 2.85. The second-order valence-corrected chi connectivity index (χ2v) is 6.48. The third-order valence-corrected chi connectivity index (χ3v) is 4.11. The molecule has 3 aromatic rings. The average Bonchev–Trinajstić information content (AvgIpc) is 3.08. The molecule has 0 aliphatic heterocycles. The number of carbonyl (C=O) groups is 1. The molecular weight excluding hydrogens is 342 g/mol. The molecule has 9 heteroatoms. The Morgan fingerprint density at radius 2 is 2.28 bits per heavy atom. The van der Waals surface area contributed by atoms with E-state index in [0.717, 1.165) is 10.4 Å². The maximum absolute atomic E-state index is 12.2. The van der Waals surface area contributed by atoms with Gasteiger partial charge in [-0.05, 0) is 24.8 Å². The van der Waals surface area contributed by atoms with Crippen LogP contribution in [0.5, 0.6) is 0 Å². The van der Waals surface area contributed by atoms with Gasteiger partial charge in [-0.3, -0.25) is 9.78 Å². The van der Waals surface area contributed by atoms with Crippen LogP contribution >= 0.6 is 11.3 Å². The van der Waals surface area contributed by atoms with Crippen molar-refractivity contribution in [1.29, 1.82) is 0 Å². The minimum atomic E-state index is -0.313. The van der Waals surface area contributed by atoms with Crippen LogP contribution < -0.4 is 10.2 Å². The molecule has 2 aromatic heterocycles. The van der Waals surface area contributed by atoms with E-state index < -0.39 is 0 Å². The zero-order valence-corrected chi connectivity index (χ0v) is 14.6. The third-order valence-electron chi connectivity index (χ3n) is 3.29. The van der Waals surface area contributed by atoms with Crippen LogP contribution in [0, 0.1) is 5.21 Å². The van der Waals surface area contributed by atoms with Gasteiger partial charge in [0.2, 0.25) is 0 Å². The Hall–Kier alpha value is -2.81. The molecule has 1 aromatic carbocycles. The number of anilines is 1. The lowest BCUT2D eigenvalue weighted by Gasteiger charge is -2.08. The number of nitrogens with one attached hydrogen (secondary N) is 1. The first-order chi connectivity index (χ1) is 12.0. The molecule has 0 saturated carbocycles. The van der Waals surface area contributed by atoms with Gasteiger partial charge in [0, 0.05) is 24.4 Å². The summed E-state index contributed by atoms with van der Waals surface area (Å²) in [6, 6.07) is 5.38. The van der Waals surface area contributed by atoms with E-state index in [2.05, 4.69) is 20.4 Å². The molecule has 130 valence electrons. The van der Waals surface area contributed by atoms with Crippen molar-refractivity contribution >= 4 is 34.3 Å². The molecule has 8 nitrogen and oxygen atoms in total. The molecule has 0 atom stereocenters. The molecule has 25 heavy (non-hydrogen) atoms. The van der Waals surface area contributed by atoms with Crippen molar-refractivity contribution in [3.63, 3.8) is 0 Å². The monoisotopic (exact) mass is 359 g/mol. The van der Waals surface area contributed by atoms with Gasteiger partial charge in [-0.2, -0.15) is 0 Å². The molecular formula is C16H17N5O3S. The summed E-state index contributed by atoms with van der Waals surface area (Å²) in [5, 5.41) is 18.9. The number of hydrogen-bond donors (Lipinski definition) is 1. The number of thiazole rings is 1. The van der Waals surface area contributed by atoms with Crippen molar-refractivity contribution in [3.05, 3.63) is 35.1 Å². The Bertz CT molecular complexity index is 883. The summed E-state index contributed by atoms with van der Waals surface area (Å²) in [6.07, 6.45) is 1.76. The van der Waals surface area contributed by atoms with Gasteiger partial charge < -0.3 is 15.3 Å². The van der Waals surface area contributed by atoms with Gasteiger partial charge in [0.1, 0.15) is 5.52 Å². The maximum atomic E-state index is 12.2. The van der Waals surface area contributed by atoms with Crippen LogP contribution in [0.15, 0.2) is 29.9 Å². The summed E-state index contributed by atoms with van der Waals surface area (Å²) in [5.41, 5.74) is 3.51. The number of ether oxygens (including phenoxy) is 1. The van der Waals surface area contributed by atoms with E-state index in [0.29, 0.717) is 15.9 Å². The molecule has 0 fully saturated rings. The molecule has 0 amide bonds. The Morgan fingerprint density at radius 3 is 3.00 bits per heavy atom. The van der Waals surface area contributed by atoms with Crippen LogP contribution in [0.1, 0.15) is 20.3 Å². The molecule has 0 saturated heterocycles. The number of rotatable bonds is 6. The van der Waals surface area contributed by atoms with E-state index in [1.165, 1.54) is 11.3 Å². The Balaban J connectivity index is 1.73. The van der Waals surface area contributed by atoms with Crippen molar-refractivity contribution in [1.82, 2.24) is 15.1 Å². The number of benzene rings is 1. The number of aromatic nitrogens is 4. The highest BCUT2D eigenvalue weighted by molar-refractivity contribution is 7.13.